The molecule has 11 nitrogen and oxygen atoms in total. The number of aromatic nitrogens is 3. The Hall–Kier alpha value is -2.91. The molecule has 1 unspecified atom stereocenters. The Labute approximate surface area is 289 Å². The third kappa shape index (κ3) is 12.7. The molecule has 1 aromatic carbocycles. The number of benzene rings is 1. The van der Waals surface area contributed by atoms with E-state index in [4.69, 9.17) is 24.3 Å². The van der Waals surface area contributed by atoms with Gasteiger partial charge in [0.15, 0.2) is 5.82 Å². The van der Waals surface area contributed by atoms with Gasteiger partial charge >= 0.3 is 7.82 Å². The van der Waals surface area contributed by atoms with Gasteiger partial charge in [-0.2, -0.15) is 10.4 Å². The molecule has 0 spiro atoms. The lowest BCUT2D eigenvalue weighted by atomic mass is 10.0. The molecule has 4 rings (SSSR count). The minimum absolute atomic E-state index is 0.0353. The molecular formula is C36H53FN5O6P. The van der Waals surface area contributed by atoms with E-state index in [-0.39, 0.29) is 31.5 Å². The maximum absolute atomic E-state index is 14.0. The number of hydrogen-bond acceptors (Lipinski definition) is 9. The van der Waals surface area contributed by atoms with Crippen molar-refractivity contribution in [2.24, 2.45) is 0 Å². The van der Waals surface area contributed by atoms with Crippen molar-refractivity contribution in [2.45, 2.75) is 135 Å². The maximum atomic E-state index is 14.0. The molecule has 13 heteroatoms. The van der Waals surface area contributed by atoms with Gasteiger partial charge in [-0.3, -0.25) is 9.05 Å². The number of anilines is 1. The fraction of sp³-hybridized carbons (Fsp3) is 0.639. The number of fused-ring (bicyclic) bond motifs is 1. The first-order valence-corrected chi connectivity index (χ1v) is 19.3. The van der Waals surface area contributed by atoms with Gasteiger partial charge in [-0.15, -0.1) is 0 Å². The highest BCUT2D eigenvalue weighted by Crippen LogP contribution is 2.47. The van der Waals surface area contributed by atoms with Crippen LogP contribution < -0.4 is 5.73 Å². The fourth-order valence-electron chi connectivity index (χ4n) is 6.30. The summed E-state index contributed by atoms with van der Waals surface area (Å²) < 4.78 is 51.9. The summed E-state index contributed by atoms with van der Waals surface area (Å²) in [5, 5.41) is 13.5. The van der Waals surface area contributed by atoms with Gasteiger partial charge in [0.05, 0.1) is 48.9 Å². The molecule has 49 heavy (non-hydrogen) atoms. The highest BCUT2D eigenvalue weighted by molar-refractivity contribution is 7.47. The van der Waals surface area contributed by atoms with Crippen LogP contribution in [0.25, 0.3) is 5.52 Å². The topological polar surface area (TPSA) is 154 Å². The van der Waals surface area contributed by atoms with Crippen molar-refractivity contribution in [1.29, 1.82) is 5.26 Å². The van der Waals surface area contributed by atoms with Gasteiger partial charge in [-0.25, -0.2) is 18.5 Å². The van der Waals surface area contributed by atoms with E-state index in [1.165, 1.54) is 70.2 Å². The van der Waals surface area contributed by atoms with Crippen LogP contribution in [0.1, 0.15) is 133 Å². The second kappa shape index (κ2) is 19.5. The van der Waals surface area contributed by atoms with E-state index in [1.807, 2.05) is 25.1 Å². The normalized spacial score (nSPS) is 19.6. The van der Waals surface area contributed by atoms with Crippen molar-refractivity contribution in [3.05, 3.63) is 59.3 Å². The Balaban J connectivity index is 1.23. The van der Waals surface area contributed by atoms with E-state index in [0.717, 1.165) is 31.0 Å². The van der Waals surface area contributed by atoms with Crippen molar-refractivity contribution < 1.29 is 32.4 Å². The van der Waals surface area contributed by atoms with Crippen LogP contribution in [-0.4, -0.2) is 44.4 Å². The number of nitriles is 1. The molecule has 0 radical (unpaired) electrons. The Morgan fingerprint density at radius 3 is 2.49 bits per heavy atom. The van der Waals surface area contributed by atoms with Crippen LogP contribution in [0.5, 0.6) is 0 Å². The summed E-state index contributed by atoms with van der Waals surface area (Å²) in [6, 6.07) is 9.72. The molecule has 3 heterocycles. The van der Waals surface area contributed by atoms with Gasteiger partial charge in [0.25, 0.3) is 0 Å². The second-order valence-corrected chi connectivity index (χ2v) is 14.9. The van der Waals surface area contributed by atoms with E-state index in [0.29, 0.717) is 36.2 Å². The molecule has 3 aromatic rings. The van der Waals surface area contributed by atoms with Crippen molar-refractivity contribution >= 4 is 19.2 Å². The first kappa shape index (κ1) is 38.9. The molecule has 3 N–H and O–H groups in total. The van der Waals surface area contributed by atoms with Gasteiger partial charge < -0.3 is 20.1 Å². The number of ether oxygens (including phenoxy) is 2. The number of hydrogen-bond donors (Lipinski definition) is 2. The summed E-state index contributed by atoms with van der Waals surface area (Å²) >= 11 is 0. The van der Waals surface area contributed by atoms with Crippen LogP contribution >= 0.6 is 7.82 Å². The van der Waals surface area contributed by atoms with E-state index in [2.05, 4.69) is 17.0 Å². The summed E-state index contributed by atoms with van der Waals surface area (Å²) in [6.45, 7) is 3.78. The van der Waals surface area contributed by atoms with Gasteiger partial charge in [-0.1, -0.05) is 84.0 Å². The number of phosphoric acid groups is 1. The minimum Gasteiger partial charge on any atom is -0.382 e. The van der Waals surface area contributed by atoms with Crippen LogP contribution in [0, 0.1) is 17.1 Å². The van der Waals surface area contributed by atoms with Gasteiger partial charge in [0.1, 0.15) is 23.8 Å². The van der Waals surface area contributed by atoms with E-state index >= 15 is 0 Å². The predicted molar refractivity (Wildman–Crippen MR) is 186 cm³/mol. The summed E-state index contributed by atoms with van der Waals surface area (Å²) in [7, 11) is -4.46. The number of rotatable bonds is 23. The van der Waals surface area contributed by atoms with Crippen LogP contribution in [0.3, 0.4) is 0 Å². The average Bonchev–Trinajstić information content (AvgIpc) is 3.70. The molecule has 1 aliphatic heterocycles. The third-order valence-corrected chi connectivity index (χ3v) is 10.0. The Morgan fingerprint density at radius 2 is 1.80 bits per heavy atom. The smallest absolute Gasteiger partial charge is 0.382 e. The lowest BCUT2D eigenvalue weighted by molar-refractivity contribution is -0.0663. The van der Waals surface area contributed by atoms with Crippen molar-refractivity contribution in [3.63, 3.8) is 0 Å². The number of unbranched alkanes of at least 4 members (excludes halogenated alkanes) is 11. The first-order chi connectivity index (χ1) is 23.6. The van der Waals surface area contributed by atoms with E-state index in [9.17, 15) is 19.1 Å². The number of phosphoric ester groups is 1. The maximum Gasteiger partial charge on any atom is 0.472 e. The van der Waals surface area contributed by atoms with E-state index in [1.54, 1.807) is 10.6 Å². The number of halogens is 1. The molecule has 0 saturated carbocycles. The standard InChI is InChI=1S/C36H53FN5O6P/c1-3-4-5-6-7-8-9-10-11-12-13-14-15-31(45-24-29-20-28(23-38)21-30(37)22-29)25-46-49(43,44)47-26-36(2)19-18-34(48-36)32-16-17-33-35(39)40-27-41-42(32)33/h16-17,20-22,27,31,34H,3-15,18-19,24-26H2,1-2H3,(H,43,44)(H2,39,40,41)/t31-,34+,36-/m0/s1. The zero-order valence-corrected chi connectivity index (χ0v) is 29.9. The van der Waals surface area contributed by atoms with Gasteiger partial charge in [-0.05, 0) is 62.1 Å². The SMILES string of the molecule is CCCCCCCCCCCCCC[C@@H](COP(=O)(O)OC[C@]1(C)CC[C@H](c2ccc3c(N)ncnn23)O1)OCc1cc(F)cc(C#N)c1. The van der Waals surface area contributed by atoms with Crippen LogP contribution in [0.2, 0.25) is 0 Å². The summed E-state index contributed by atoms with van der Waals surface area (Å²) in [5.74, 6) is -0.153. The first-order valence-electron chi connectivity index (χ1n) is 17.8. The Kier molecular flexibility index (Phi) is 15.5. The highest BCUT2D eigenvalue weighted by Gasteiger charge is 2.40. The molecule has 0 bridgehead atoms. The van der Waals surface area contributed by atoms with Crippen LogP contribution in [-0.2, 0) is 29.7 Å². The minimum atomic E-state index is -4.46. The Morgan fingerprint density at radius 1 is 1.10 bits per heavy atom. The number of nitrogens with zero attached hydrogens (tertiary/aromatic N) is 4. The molecule has 0 amide bonds. The van der Waals surface area contributed by atoms with Crippen molar-refractivity contribution in [3.8, 4) is 6.07 Å². The van der Waals surface area contributed by atoms with Gasteiger partial charge in [0.2, 0.25) is 0 Å². The number of nitrogen functional groups attached to an aromatic ring is 1. The molecule has 1 saturated heterocycles. The number of nitrogens with two attached hydrogens (primary N) is 1. The van der Waals surface area contributed by atoms with Crippen LogP contribution in [0.4, 0.5) is 10.2 Å². The van der Waals surface area contributed by atoms with Crippen molar-refractivity contribution in [1.82, 2.24) is 14.6 Å². The highest BCUT2D eigenvalue weighted by atomic mass is 31.2. The van der Waals surface area contributed by atoms with Crippen molar-refractivity contribution in [2.75, 3.05) is 18.9 Å². The molecular weight excluding hydrogens is 648 g/mol. The summed E-state index contributed by atoms with van der Waals surface area (Å²) in [4.78, 5) is 14.6. The largest absolute Gasteiger partial charge is 0.472 e. The molecule has 4 atom stereocenters. The molecule has 1 fully saturated rings. The molecule has 270 valence electrons. The zero-order valence-electron chi connectivity index (χ0n) is 29.0. The molecule has 0 aliphatic carbocycles. The predicted octanol–water partition coefficient (Wildman–Crippen LogP) is 8.74. The zero-order chi connectivity index (χ0) is 35.1. The fourth-order valence-corrected chi connectivity index (χ4v) is 7.17. The molecule has 1 aliphatic rings. The molecule has 2 aromatic heterocycles. The summed E-state index contributed by atoms with van der Waals surface area (Å²) in [6.07, 6.45) is 17.0. The van der Waals surface area contributed by atoms with Gasteiger partial charge in [0, 0.05) is 0 Å². The lowest BCUT2D eigenvalue weighted by Crippen LogP contribution is -2.30. The quantitative estimate of drug-likeness (QED) is 0.0724. The Bertz CT molecular complexity index is 1550. The van der Waals surface area contributed by atoms with E-state index < -0.39 is 25.3 Å². The third-order valence-electron chi connectivity index (χ3n) is 9.11. The average molecular weight is 702 g/mol. The van der Waals surface area contributed by atoms with Crippen LogP contribution in [0.15, 0.2) is 36.7 Å². The summed E-state index contributed by atoms with van der Waals surface area (Å²) in [5.41, 5.74) is 7.35. The lowest BCUT2D eigenvalue weighted by Gasteiger charge is -2.26. The second-order valence-electron chi connectivity index (χ2n) is 13.4. The monoisotopic (exact) mass is 701 g/mol.